The molecule has 1 aliphatic heterocycles. The van der Waals surface area contributed by atoms with E-state index in [-0.39, 0.29) is 5.91 Å². The molecule has 4 bridgehead atoms. The predicted molar refractivity (Wildman–Crippen MR) is 138 cm³/mol. The van der Waals surface area contributed by atoms with Gasteiger partial charge in [0.05, 0.1) is 18.8 Å². The van der Waals surface area contributed by atoms with Crippen LogP contribution in [0, 0.1) is 23.2 Å². The monoisotopic (exact) mass is 473 g/mol. The van der Waals surface area contributed by atoms with E-state index in [9.17, 15) is 4.79 Å². The molecule has 6 nitrogen and oxygen atoms in total. The summed E-state index contributed by atoms with van der Waals surface area (Å²) in [7, 11) is 2.04. The standard InChI is InChI=1S/C29H39N5O/c1-33(9-7-21-5-3-2-4-6-21)18-27(35)34-10-8-25-26(17-34)31-20-32-28(25)30-19-29-14-22-11-23(15-29)13-24(12-22)16-29/h2-6,20,22-24H,7-19H2,1H3,(H,30,31,32). The molecule has 0 radical (unpaired) electrons. The van der Waals surface area contributed by atoms with Crippen molar-refractivity contribution in [2.24, 2.45) is 23.2 Å². The lowest BCUT2D eigenvalue weighted by atomic mass is 9.49. The van der Waals surface area contributed by atoms with Crippen LogP contribution in [0.15, 0.2) is 36.7 Å². The third kappa shape index (κ3) is 4.95. The zero-order valence-electron chi connectivity index (χ0n) is 21.1. The molecule has 2 heterocycles. The van der Waals surface area contributed by atoms with Gasteiger partial charge in [0.25, 0.3) is 0 Å². The minimum atomic E-state index is 0.188. The molecule has 186 valence electrons. The van der Waals surface area contributed by atoms with Crippen LogP contribution in [0.3, 0.4) is 0 Å². The van der Waals surface area contributed by atoms with Crippen molar-refractivity contribution in [3.05, 3.63) is 53.5 Å². The number of nitrogens with one attached hydrogen (secondary N) is 1. The van der Waals surface area contributed by atoms with Crippen LogP contribution in [0.2, 0.25) is 0 Å². The largest absolute Gasteiger partial charge is 0.369 e. The Morgan fingerprint density at radius 3 is 2.51 bits per heavy atom. The Labute approximate surface area is 209 Å². The highest BCUT2D eigenvalue weighted by molar-refractivity contribution is 5.78. The average molecular weight is 474 g/mol. The summed E-state index contributed by atoms with van der Waals surface area (Å²) in [6.07, 6.45) is 12.1. The van der Waals surface area contributed by atoms with Gasteiger partial charge in [0, 0.05) is 25.2 Å². The molecular formula is C29H39N5O. The molecule has 0 unspecified atom stereocenters. The van der Waals surface area contributed by atoms with E-state index >= 15 is 0 Å². The van der Waals surface area contributed by atoms with Crippen molar-refractivity contribution >= 4 is 11.7 Å². The Bertz CT molecular complexity index is 1020. The molecule has 0 atom stereocenters. The van der Waals surface area contributed by atoms with E-state index < -0.39 is 0 Å². The van der Waals surface area contributed by atoms with E-state index in [1.807, 2.05) is 18.0 Å². The van der Waals surface area contributed by atoms with Gasteiger partial charge in [-0.1, -0.05) is 30.3 Å². The van der Waals surface area contributed by atoms with E-state index in [4.69, 9.17) is 0 Å². The van der Waals surface area contributed by atoms with E-state index in [1.54, 1.807) is 6.33 Å². The number of carbonyl (C=O) groups excluding carboxylic acids is 1. The van der Waals surface area contributed by atoms with Gasteiger partial charge in [-0.3, -0.25) is 9.69 Å². The normalized spacial score (nSPS) is 28.9. The molecule has 4 fully saturated rings. The number of benzene rings is 1. The fraction of sp³-hybridized carbons (Fsp3) is 0.621. The molecule has 4 aliphatic carbocycles. The number of anilines is 1. The third-order valence-corrected chi connectivity index (χ3v) is 9.19. The zero-order chi connectivity index (χ0) is 23.8. The Kier molecular flexibility index (Phi) is 6.25. The van der Waals surface area contributed by atoms with Crippen LogP contribution in [0.4, 0.5) is 5.82 Å². The molecule has 6 heteroatoms. The first-order valence-electron chi connectivity index (χ1n) is 13.6. The fourth-order valence-electron chi connectivity index (χ4n) is 7.87. The van der Waals surface area contributed by atoms with E-state index in [0.29, 0.717) is 18.5 Å². The van der Waals surface area contributed by atoms with Gasteiger partial charge < -0.3 is 10.2 Å². The van der Waals surface area contributed by atoms with Crippen molar-refractivity contribution in [3.63, 3.8) is 0 Å². The van der Waals surface area contributed by atoms with Crippen molar-refractivity contribution in [1.29, 1.82) is 0 Å². The Balaban J connectivity index is 1.04. The van der Waals surface area contributed by atoms with Crippen LogP contribution in [-0.4, -0.2) is 58.9 Å². The second-order valence-electron chi connectivity index (χ2n) is 12.0. The first-order chi connectivity index (χ1) is 17.1. The molecule has 2 aromatic rings. The maximum atomic E-state index is 13.0. The lowest BCUT2D eigenvalue weighted by molar-refractivity contribution is -0.133. The summed E-state index contributed by atoms with van der Waals surface area (Å²) >= 11 is 0. The molecule has 7 rings (SSSR count). The maximum Gasteiger partial charge on any atom is 0.237 e. The number of carbonyl (C=O) groups is 1. The predicted octanol–water partition coefficient (Wildman–Crippen LogP) is 4.16. The van der Waals surface area contributed by atoms with Gasteiger partial charge in [0.15, 0.2) is 0 Å². The zero-order valence-corrected chi connectivity index (χ0v) is 21.1. The second kappa shape index (κ2) is 9.53. The van der Waals surface area contributed by atoms with Gasteiger partial charge in [0.1, 0.15) is 12.1 Å². The summed E-state index contributed by atoms with van der Waals surface area (Å²) in [5.74, 6) is 4.10. The molecule has 1 N–H and O–H groups in total. The Morgan fingerprint density at radius 1 is 1.09 bits per heavy atom. The molecule has 1 amide bonds. The first-order valence-corrected chi connectivity index (χ1v) is 13.6. The molecule has 1 aromatic heterocycles. The number of likely N-dealkylation sites (N-methyl/N-ethyl adjacent to an activating group) is 1. The maximum absolute atomic E-state index is 13.0. The first kappa shape index (κ1) is 23.0. The molecule has 5 aliphatic rings. The number of nitrogens with zero attached hydrogens (tertiary/aromatic N) is 4. The lowest BCUT2D eigenvalue weighted by Crippen LogP contribution is -2.49. The number of rotatable bonds is 8. The van der Waals surface area contributed by atoms with E-state index in [2.05, 4.69) is 44.5 Å². The summed E-state index contributed by atoms with van der Waals surface area (Å²) < 4.78 is 0. The van der Waals surface area contributed by atoms with Crippen LogP contribution in [0.1, 0.15) is 55.3 Å². The number of amides is 1. The van der Waals surface area contributed by atoms with Crippen molar-refractivity contribution in [2.45, 2.75) is 57.9 Å². The smallest absolute Gasteiger partial charge is 0.237 e. The number of aromatic nitrogens is 2. The summed E-state index contributed by atoms with van der Waals surface area (Å²) in [5.41, 5.74) is 4.02. The van der Waals surface area contributed by atoms with Crippen LogP contribution >= 0.6 is 0 Å². The number of hydrogen-bond donors (Lipinski definition) is 1. The van der Waals surface area contributed by atoms with Gasteiger partial charge in [-0.05, 0) is 87.1 Å². The average Bonchev–Trinajstić information content (AvgIpc) is 2.86. The number of hydrogen-bond acceptors (Lipinski definition) is 5. The second-order valence-corrected chi connectivity index (χ2v) is 12.0. The molecule has 35 heavy (non-hydrogen) atoms. The lowest BCUT2D eigenvalue weighted by Gasteiger charge is -2.57. The minimum Gasteiger partial charge on any atom is -0.369 e. The Morgan fingerprint density at radius 2 is 1.80 bits per heavy atom. The van der Waals surface area contributed by atoms with E-state index in [0.717, 1.165) is 61.7 Å². The van der Waals surface area contributed by atoms with Gasteiger partial charge in [-0.15, -0.1) is 0 Å². The molecular weight excluding hydrogens is 434 g/mol. The highest BCUT2D eigenvalue weighted by Crippen LogP contribution is 2.59. The molecule has 0 spiro atoms. The van der Waals surface area contributed by atoms with Crippen molar-refractivity contribution < 1.29 is 4.79 Å². The highest BCUT2D eigenvalue weighted by Gasteiger charge is 2.50. The van der Waals surface area contributed by atoms with Crippen molar-refractivity contribution in [1.82, 2.24) is 19.8 Å². The van der Waals surface area contributed by atoms with Gasteiger partial charge in [0.2, 0.25) is 5.91 Å². The van der Waals surface area contributed by atoms with Crippen LogP contribution in [0.5, 0.6) is 0 Å². The van der Waals surface area contributed by atoms with Crippen molar-refractivity contribution in [3.8, 4) is 0 Å². The molecule has 1 aromatic carbocycles. The third-order valence-electron chi connectivity index (χ3n) is 9.19. The van der Waals surface area contributed by atoms with Crippen molar-refractivity contribution in [2.75, 3.05) is 38.5 Å². The van der Waals surface area contributed by atoms with Gasteiger partial charge in [-0.2, -0.15) is 0 Å². The molecule has 4 saturated carbocycles. The summed E-state index contributed by atoms with van der Waals surface area (Å²) in [6, 6.07) is 10.5. The van der Waals surface area contributed by atoms with Gasteiger partial charge in [-0.25, -0.2) is 9.97 Å². The topological polar surface area (TPSA) is 61.4 Å². The summed E-state index contributed by atoms with van der Waals surface area (Å²) in [6.45, 7) is 3.72. The van der Waals surface area contributed by atoms with Crippen LogP contribution < -0.4 is 5.32 Å². The van der Waals surface area contributed by atoms with E-state index in [1.165, 1.54) is 49.7 Å². The van der Waals surface area contributed by atoms with Gasteiger partial charge >= 0.3 is 0 Å². The van der Waals surface area contributed by atoms with Crippen LogP contribution in [-0.2, 0) is 24.2 Å². The summed E-state index contributed by atoms with van der Waals surface area (Å²) in [5, 5.41) is 3.78. The fourth-order valence-corrected chi connectivity index (χ4v) is 7.87. The minimum absolute atomic E-state index is 0.188. The van der Waals surface area contributed by atoms with Crippen LogP contribution in [0.25, 0.3) is 0 Å². The Hall–Kier alpha value is -2.47. The quantitative estimate of drug-likeness (QED) is 0.624. The SMILES string of the molecule is CN(CCc1ccccc1)CC(=O)N1CCc2c(ncnc2NCC23CC4CC(CC(C4)C2)C3)C1. The summed E-state index contributed by atoms with van der Waals surface area (Å²) in [4.78, 5) is 26.4. The molecule has 0 saturated heterocycles. The number of fused-ring (bicyclic) bond motifs is 1. The highest BCUT2D eigenvalue weighted by atomic mass is 16.2.